The van der Waals surface area contributed by atoms with E-state index in [0.29, 0.717) is 0 Å². The molecule has 4 heterocycles. The number of hydrogen-bond donors (Lipinski definition) is 0. The van der Waals surface area contributed by atoms with Crippen LogP contribution >= 0.6 is 0 Å². The van der Waals surface area contributed by atoms with Crippen molar-refractivity contribution in [3.63, 3.8) is 0 Å². The second-order valence-electron chi connectivity index (χ2n) is 8.15. The lowest BCUT2D eigenvalue weighted by Gasteiger charge is -2.33. The lowest BCUT2D eigenvalue weighted by molar-refractivity contribution is 0.312. The zero-order valence-corrected chi connectivity index (χ0v) is 19.1. The predicted octanol–water partition coefficient (Wildman–Crippen LogP) is 4.49. The zero-order chi connectivity index (χ0) is 22.7. The fourth-order valence-electron chi connectivity index (χ4n) is 3.92. The highest BCUT2D eigenvalue weighted by Gasteiger charge is 2.17. The van der Waals surface area contributed by atoms with Crippen LogP contribution in [0.25, 0.3) is 16.7 Å². The number of aromatic nitrogens is 2. The van der Waals surface area contributed by atoms with Crippen LogP contribution < -0.4 is 4.90 Å². The maximum Gasteiger partial charge on any atom is 0.129 e. The molecule has 6 heteroatoms. The Morgan fingerprint density at radius 1 is 1.12 bits per heavy atom. The molecule has 6 nitrogen and oxygen atoms in total. The van der Waals surface area contributed by atoms with Gasteiger partial charge in [0.15, 0.2) is 0 Å². The standard InChI is InChI=1S/C26H30N6/c1-6-29-32-10-8-22(15-19(32)2)20(3)25-16-24(18-28-21(25)4)23-7-9-27-26(17-23)31-13-11-30(5)12-14-31/h6-10,15-18H,2-3,11-14H2,1,4-5H3/b29-6-. The van der Waals surface area contributed by atoms with Crippen molar-refractivity contribution in [3.05, 3.63) is 84.6 Å². The Labute approximate surface area is 190 Å². The van der Waals surface area contributed by atoms with Crippen molar-refractivity contribution in [2.75, 3.05) is 38.1 Å². The number of likely N-dealkylation sites (N-methyl/N-ethyl adjacent to an activating group) is 1. The lowest BCUT2D eigenvalue weighted by atomic mass is 9.94. The molecule has 2 aromatic heterocycles. The van der Waals surface area contributed by atoms with Gasteiger partial charge in [-0.2, -0.15) is 5.10 Å². The maximum atomic E-state index is 4.68. The number of piperazine rings is 1. The van der Waals surface area contributed by atoms with Crippen molar-refractivity contribution >= 4 is 17.6 Å². The molecule has 0 aliphatic carbocycles. The fraction of sp³-hybridized carbons (Fsp3) is 0.269. The first kappa shape index (κ1) is 21.7. The third-order valence-electron chi connectivity index (χ3n) is 5.92. The highest BCUT2D eigenvalue weighted by molar-refractivity contribution is 5.84. The Morgan fingerprint density at radius 2 is 1.91 bits per heavy atom. The second kappa shape index (κ2) is 9.32. The third kappa shape index (κ3) is 4.55. The number of anilines is 1. The van der Waals surface area contributed by atoms with Gasteiger partial charge in [-0.05, 0) is 68.0 Å². The first-order valence-corrected chi connectivity index (χ1v) is 10.9. The summed E-state index contributed by atoms with van der Waals surface area (Å²) >= 11 is 0. The normalized spacial score (nSPS) is 17.2. The molecule has 0 radical (unpaired) electrons. The Balaban J connectivity index is 1.61. The Hall–Kier alpha value is -3.51. The molecule has 0 amide bonds. The number of rotatable bonds is 5. The number of allylic oxidation sites excluding steroid dienone is 4. The van der Waals surface area contributed by atoms with Gasteiger partial charge in [-0.3, -0.25) is 4.98 Å². The average Bonchev–Trinajstić information content (AvgIpc) is 2.81. The minimum absolute atomic E-state index is 0.800. The molecule has 32 heavy (non-hydrogen) atoms. The smallest absolute Gasteiger partial charge is 0.129 e. The molecule has 1 fully saturated rings. The van der Waals surface area contributed by atoms with Gasteiger partial charge in [-0.25, -0.2) is 9.99 Å². The number of aryl methyl sites for hydroxylation is 1. The fourth-order valence-corrected chi connectivity index (χ4v) is 3.92. The topological polar surface area (TPSA) is 47.9 Å². The van der Waals surface area contributed by atoms with Crippen LogP contribution in [0.15, 0.2) is 78.5 Å². The van der Waals surface area contributed by atoms with Gasteiger partial charge in [-0.1, -0.05) is 13.2 Å². The summed E-state index contributed by atoms with van der Waals surface area (Å²) in [4.78, 5) is 14.0. The molecule has 0 atom stereocenters. The second-order valence-corrected chi connectivity index (χ2v) is 8.15. The first-order chi connectivity index (χ1) is 15.5. The Morgan fingerprint density at radius 3 is 2.62 bits per heavy atom. The van der Waals surface area contributed by atoms with E-state index >= 15 is 0 Å². The largest absolute Gasteiger partial charge is 0.354 e. The minimum atomic E-state index is 0.800. The predicted molar refractivity (Wildman–Crippen MR) is 133 cm³/mol. The van der Waals surface area contributed by atoms with Crippen molar-refractivity contribution in [1.82, 2.24) is 19.9 Å². The van der Waals surface area contributed by atoms with Crippen molar-refractivity contribution in [2.45, 2.75) is 13.8 Å². The molecule has 2 aliphatic heterocycles. The molecule has 1 saturated heterocycles. The number of hydrazone groups is 1. The Kier molecular flexibility index (Phi) is 6.32. The summed E-state index contributed by atoms with van der Waals surface area (Å²) < 4.78 is 0. The van der Waals surface area contributed by atoms with Crippen LogP contribution in [0.2, 0.25) is 0 Å². The van der Waals surface area contributed by atoms with E-state index in [0.717, 1.165) is 71.2 Å². The summed E-state index contributed by atoms with van der Waals surface area (Å²) in [5.74, 6) is 1.02. The van der Waals surface area contributed by atoms with Crippen molar-refractivity contribution in [2.24, 2.45) is 5.10 Å². The lowest BCUT2D eigenvalue weighted by Crippen LogP contribution is -2.44. The molecule has 0 unspecified atom stereocenters. The summed E-state index contributed by atoms with van der Waals surface area (Å²) in [5, 5.41) is 6.02. The monoisotopic (exact) mass is 426 g/mol. The van der Waals surface area contributed by atoms with E-state index < -0.39 is 0 Å². The van der Waals surface area contributed by atoms with Gasteiger partial charge in [0.1, 0.15) is 5.82 Å². The van der Waals surface area contributed by atoms with E-state index in [4.69, 9.17) is 0 Å². The van der Waals surface area contributed by atoms with Crippen molar-refractivity contribution in [1.29, 1.82) is 0 Å². The molecule has 0 N–H and O–H groups in total. The Bertz CT molecular complexity index is 1120. The van der Waals surface area contributed by atoms with Crippen LogP contribution in [0.3, 0.4) is 0 Å². The molecule has 0 aromatic carbocycles. The van der Waals surface area contributed by atoms with E-state index in [1.54, 1.807) is 11.2 Å². The van der Waals surface area contributed by atoms with Gasteiger partial charge < -0.3 is 9.80 Å². The van der Waals surface area contributed by atoms with Crippen LogP contribution in [0.5, 0.6) is 0 Å². The summed E-state index contributed by atoms with van der Waals surface area (Å²) in [6.07, 6.45) is 11.5. The van der Waals surface area contributed by atoms with E-state index in [9.17, 15) is 0 Å². The van der Waals surface area contributed by atoms with Crippen LogP contribution in [0, 0.1) is 6.92 Å². The number of nitrogens with zero attached hydrogens (tertiary/aromatic N) is 6. The van der Waals surface area contributed by atoms with Crippen molar-refractivity contribution < 1.29 is 0 Å². The van der Waals surface area contributed by atoms with E-state index in [1.807, 2.05) is 50.7 Å². The molecule has 2 aliphatic rings. The van der Waals surface area contributed by atoms with E-state index in [1.165, 1.54) is 0 Å². The van der Waals surface area contributed by atoms with Gasteiger partial charge >= 0.3 is 0 Å². The SMILES string of the molecule is C=C(C1=CC(=C)N(/N=C\C)C=C1)c1cc(-c2ccnc(N3CCN(C)CC3)c2)cnc1C. The van der Waals surface area contributed by atoms with Gasteiger partial charge in [0, 0.05) is 67.8 Å². The summed E-state index contributed by atoms with van der Waals surface area (Å²) in [5.41, 5.74) is 6.86. The highest BCUT2D eigenvalue weighted by Crippen LogP contribution is 2.32. The zero-order valence-electron chi connectivity index (χ0n) is 19.1. The molecule has 0 bridgehead atoms. The van der Waals surface area contributed by atoms with Crippen LogP contribution in [-0.2, 0) is 0 Å². The van der Waals surface area contributed by atoms with Gasteiger partial charge in [0.25, 0.3) is 0 Å². The van der Waals surface area contributed by atoms with E-state index in [2.05, 4.69) is 57.2 Å². The maximum absolute atomic E-state index is 4.68. The molecular formula is C26H30N6. The summed E-state index contributed by atoms with van der Waals surface area (Å²) in [7, 11) is 2.16. The van der Waals surface area contributed by atoms with E-state index in [-0.39, 0.29) is 0 Å². The molecular weight excluding hydrogens is 396 g/mol. The molecule has 0 spiro atoms. The minimum Gasteiger partial charge on any atom is -0.354 e. The highest BCUT2D eigenvalue weighted by atomic mass is 15.4. The summed E-state index contributed by atoms with van der Waals surface area (Å²) in [6, 6.07) is 6.37. The molecule has 164 valence electrons. The van der Waals surface area contributed by atoms with Crippen LogP contribution in [0.4, 0.5) is 5.82 Å². The number of hydrogen-bond acceptors (Lipinski definition) is 6. The third-order valence-corrected chi connectivity index (χ3v) is 5.92. The quantitative estimate of drug-likeness (QED) is 0.659. The van der Waals surface area contributed by atoms with Crippen molar-refractivity contribution in [3.8, 4) is 11.1 Å². The molecule has 2 aromatic rings. The van der Waals surface area contributed by atoms with Crippen LogP contribution in [-0.4, -0.2) is 59.3 Å². The number of pyridine rings is 2. The molecule has 0 saturated carbocycles. The van der Waals surface area contributed by atoms with Crippen LogP contribution in [0.1, 0.15) is 18.2 Å². The van der Waals surface area contributed by atoms with Gasteiger partial charge in [0.2, 0.25) is 0 Å². The van der Waals surface area contributed by atoms with Gasteiger partial charge in [-0.15, -0.1) is 0 Å². The molecule has 4 rings (SSSR count). The summed E-state index contributed by atoms with van der Waals surface area (Å²) in [6.45, 7) is 16.5. The average molecular weight is 427 g/mol. The van der Waals surface area contributed by atoms with Gasteiger partial charge in [0.05, 0.1) is 5.70 Å². The first-order valence-electron chi connectivity index (χ1n) is 10.9.